The molecule has 0 aliphatic carbocycles. The maximum Gasteiger partial charge on any atom is 0.0654 e. The number of nitrogens with one attached hydrogen (secondary N) is 1. The summed E-state index contributed by atoms with van der Waals surface area (Å²) in [5.74, 6) is 0. The lowest BCUT2D eigenvalue weighted by Crippen LogP contribution is -2.50. The van der Waals surface area contributed by atoms with E-state index in [-0.39, 0.29) is 12.4 Å². The van der Waals surface area contributed by atoms with Crippen LogP contribution in [0.1, 0.15) is 6.92 Å². The Morgan fingerprint density at radius 2 is 2.12 bits per heavy atom. The number of hydrogen-bond acceptors (Lipinski definition) is 2. The highest BCUT2D eigenvalue weighted by atomic mass is 35.5. The summed E-state index contributed by atoms with van der Waals surface area (Å²) >= 11 is 12.1. The van der Waals surface area contributed by atoms with Crippen LogP contribution >= 0.6 is 35.6 Å². The van der Waals surface area contributed by atoms with Crippen LogP contribution in [0.15, 0.2) is 18.2 Å². The molecule has 0 saturated carbocycles. The minimum absolute atomic E-state index is 0. The number of halogens is 3. The average Bonchev–Trinajstić information content (AvgIpc) is 2.20. The second kappa shape index (κ2) is 5.97. The summed E-state index contributed by atoms with van der Waals surface area (Å²) in [5, 5.41) is 4.77. The molecule has 0 amide bonds. The summed E-state index contributed by atoms with van der Waals surface area (Å²) in [6, 6.07) is 6.15. The molecule has 1 aliphatic heterocycles. The first-order valence-electron chi connectivity index (χ1n) is 5.11. The van der Waals surface area contributed by atoms with Gasteiger partial charge in [0.2, 0.25) is 0 Å². The van der Waals surface area contributed by atoms with E-state index in [4.69, 9.17) is 23.2 Å². The van der Waals surface area contributed by atoms with Gasteiger partial charge in [-0.15, -0.1) is 12.4 Å². The molecule has 1 N–H and O–H groups in total. The van der Waals surface area contributed by atoms with E-state index < -0.39 is 0 Å². The van der Waals surface area contributed by atoms with Gasteiger partial charge in [-0.3, -0.25) is 0 Å². The molecule has 0 bridgehead atoms. The molecule has 0 spiro atoms. The average molecular weight is 282 g/mol. The van der Waals surface area contributed by atoms with E-state index in [1.807, 2.05) is 12.1 Å². The number of benzene rings is 1. The molecular weight excluding hydrogens is 266 g/mol. The van der Waals surface area contributed by atoms with E-state index in [1.54, 1.807) is 6.07 Å². The van der Waals surface area contributed by atoms with Gasteiger partial charge in [0.05, 0.1) is 10.7 Å². The monoisotopic (exact) mass is 280 g/mol. The number of piperazine rings is 1. The molecule has 2 nitrogen and oxygen atoms in total. The van der Waals surface area contributed by atoms with E-state index in [2.05, 4.69) is 17.1 Å². The first-order valence-corrected chi connectivity index (χ1v) is 5.86. The maximum absolute atomic E-state index is 6.18. The largest absolute Gasteiger partial charge is 0.365 e. The standard InChI is InChI=1S/C11H14Cl2N2.ClH/c1-8-7-14-4-5-15(8)11-3-2-9(12)6-10(11)13;/h2-3,6,8,14H,4-5,7H2,1H3;1H. The van der Waals surface area contributed by atoms with Crippen molar-refractivity contribution in [3.63, 3.8) is 0 Å². The van der Waals surface area contributed by atoms with Gasteiger partial charge in [0.1, 0.15) is 0 Å². The van der Waals surface area contributed by atoms with Crippen LogP contribution in [0.3, 0.4) is 0 Å². The Kier molecular flexibility index (Phi) is 5.19. The molecule has 0 aromatic heterocycles. The van der Waals surface area contributed by atoms with Gasteiger partial charge in [-0.2, -0.15) is 0 Å². The van der Waals surface area contributed by atoms with Crippen LogP contribution in [-0.2, 0) is 0 Å². The van der Waals surface area contributed by atoms with Crippen LogP contribution in [0.5, 0.6) is 0 Å². The minimum Gasteiger partial charge on any atom is -0.365 e. The van der Waals surface area contributed by atoms with Crippen LogP contribution in [0.4, 0.5) is 5.69 Å². The lowest BCUT2D eigenvalue weighted by atomic mass is 10.2. The highest BCUT2D eigenvalue weighted by Crippen LogP contribution is 2.30. The Hall–Kier alpha value is -0.150. The normalized spacial score (nSPS) is 20.4. The molecule has 1 fully saturated rings. The van der Waals surface area contributed by atoms with Crippen molar-refractivity contribution in [1.82, 2.24) is 5.32 Å². The van der Waals surface area contributed by atoms with Gasteiger partial charge in [-0.25, -0.2) is 0 Å². The summed E-state index contributed by atoms with van der Waals surface area (Å²) < 4.78 is 0. The molecule has 5 heteroatoms. The first kappa shape index (κ1) is 13.9. The third-order valence-corrected chi connectivity index (χ3v) is 3.26. The second-order valence-corrected chi connectivity index (χ2v) is 4.69. The number of nitrogens with zero attached hydrogens (tertiary/aromatic N) is 1. The predicted molar refractivity (Wildman–Crippen MR) is 73.4 cm³/mol. The summed E-state index contributed by atoms with van der Waals surface area (Å²) in [5.41, 5.74) is 1.08. The van der Waals surface area contributed by atoms with Crippen LogP contribution < -0.4 is 10.2 Å². The smallest absolute Gasteiger partial charge is 0.0654 e. The van der Waals surface area contributed by atoms with E-state index in [0.29, 0.717) is 11.1 Å². The molecule has 0 radical (unpaired) electrons. The van der Waals surface area contributed by atoms with Gasteiger partial charge >= 0.3 is 0 Å². The lowest BCUT2D eigenvalue weighted by molar-refractivity contribution is 0.501. The molecule has 1 aromatic carbocycles. The maximum atomic E-state index is 6.18. The highest BCUT2D eigenvalue weighted by Gasteiger charge is 2.19. The van der Waals surface area contributed by atoms with Crippen molar-refractivity contribution in [3.8, 4) is 0 Å². The molecule has 16 heavy (non-hydrogen) atoms. The summed E-state index contributed by atoms with van der Waals surface area (Å²) in [4.78, 5) is 2.31. The van der Waals surface area contributed by atoms with Crippen molar-refractivity contribution >= 4 is 41.3 Å². The van der Waals surface area contributed by atoms with Crippen molar-refractivity contribution in [2.24, 2.45) is 0 Å². The zero-order valence-corrected chi connectivity index (χ0v) is 11.4. The van der Waals surface area contributed by atoms with Crippen LogP contribution in [-0.4, -0.2) is 25.7 Å². The van der Waals surface area contributed by atoms with Crippen LogP contribution in [0.2, 0.25) is 10.0 Å². The Morgan fingerprint density at radius 1 is 1.38 bits per heavy atom. The second-order valence-electron chi connectivity index (χ2n) is 3.84. The lowest BCUT2D eigenvalue weighted by Gasteiger charge is -2.36. The quantitative estimate of drug-likeness (QED) is 0.850. The molecule has 2 rings (SSSR count). The number of anilines is 1. The van der Waals surface area contributed by atoms with Gasteiger partial charge in [-0.05, 0) is 25.1 Å². The van der Waals surface area contributed by atoms with Crippen LogP contribution in [0.25, 0.3) is 0 Å². The highest BCUT2D eigenvalue weighted by molar-refractivity contribution is 6.36. The molecular formula is C11H15Cl3N2. The van der Waals surface area contributed by atoms with Crippen LogP contribution in [0, 0.1) is 0 Å². The van der Waals surface area contributed by atoms with Crippen molar-refractivity contribution in [1.29, 1.82) is 0 Å². The molecule has 1 aromatic rings. The van der Waals surface area contributed by atoms with E-state index in [1.165, 1.54) is 0 Å². The van der Waals surface area contributed by atoms with Crippen molar-refractivity contribution in [2.45, 2.75) is 13.0 Å². The SMILES string of the molecule is CC1CNCCN1c1ccc(Cl)cc1Cl.Cl. The third-order valence-electron chi connectivity index (χ3n) is 2.72. The van der Waals surface area contributed by atoms with E-state index >= 15 is 0 Å². The van der Waals surface area contributed by atoms with Crippen molar-refractivity contribution in [2.75, 3.05) is 24.5 Å². The third kappa shape index (κ3) is 2.95. The van der Waals surface area contributed by atoms with Gasteiger partial charge in [0, 0.05) is 30.7 Å². The fourth-order valence-corrected chi connectivity index (χ4v) is 2.43. The van der Waals surface area contributed by atoms with Crippen molar-refractivity contribution in [3.05, 3.63) is 28.2 Å². The number of hydrogen-bond donors (Lipinski definition) is 1. The van der Waals surface area contributed by atoms with E-state index in [9.17, 15) is 0 Å². The molecule has 90 valence electrons. The Balaban J connectivity index is 0.00000128. The van der Waals surface area contributed by atoms with Crippen molar-refractivity contribution < 1.29 is 0 Å². The fourth-order valence-electron chi connectivity index (χ4n) is 1.91. The van der Waals surface area contributed by atoms with E-state index in [0.717, 1.165) is 30.3 Å². The Morgan fingerprint density at radius 3 is 2.75 bits per heavy atom. The summed E-state index contributed by atoms with van der Waals surface area (Å²) in [7, 11) is 0. The zero-order chi connectivity index (χ0) is 10.8. The molecule has 1 saturated heterocycles. The summed E-state index contributed by atoms with van der Waals surface area (Å²) in [6.07, 6.45) is 0. The Labute approximate surface area is 112 Å². The number of rotatable bonds is 1. The zero-order valence-electron chi connectivity index (χ0n) is 9.04. The van der Waals surface area contributed by atoms with Gasteiger partial charge in [0.15, 0.2) is 0 Å². The molecule has 1 heterocycles. The minimum atomic E-state index is 0. The van der Waals surface area contributed by atoms with Gasteiger partial charge in [-0.1, -0.05) is 23.2 Å². The Bertz CT molecular complexity index is 357. The van der Waals surface area contributed by atoms with Gasteiger partial charge < -0.3 is 10.2 Å². The molecule has 1 atom stereocenters. The predicted octanol–water partition coefficient (Wildman–Crippen LogP) is 3.21. The first-order chi connectivity index (χ1) is 7.18. The fraction of sp³-hybridized carbons (Fsp3) is 0.455. The molecule has 1 aliphatic rings. The molecule has 1 unspecified atom stereocenters. The summed E-state index contributed by atoms with van der Waals surface area (Å²) in [6.45, 7) is 5.18. The van der Waals surface area contributed by atoms with Gasteiger partial charge in [0.25, 0.3) is 0 Å². The topological polar surface area (TPSA) is 15.3 Å².